The molecule has 0 spiro atoms. The Bertz CT molecular complexity index is 1150. The highest BCUT2D eigenvalue weighted by Gasteiger charge is 2.48. The van der Waals surface area contributed by atoms with Crippen LogP contribution in [0.1, 0.15) is 26.7 Å². The number of sulfone groups is 2. The van der Waals surface area contributed by atoms with Crippen LogP contribution in [0.5, 0.6) is 0 Å². The van der Waals surface area contributed by atoms with E-state index in [9.17, 15) is 21.6 Å². The second-order valence-corrected chi connectivity index (χ2v) is 15.7. The van der Waals surface area contributed by atoms with Crippen LogP contribution in [0.15, 0.2) is 24.3 Å². The van der Waals surface area contributed by atoms with Crippen LogP contribution in [0, 0.1) is 5.41 Å². The zero-order valence-corrected chi connectivity index (χ0v) is 22.2. The van der Waals surface area contributed by atoms with Gasteiger partial charge in [-0.2, -0.15) is 0 Å². The molecular formula is C24H36N4O5S2. The summed E-state index contributed by atoms with van der Waals surface area (Å²) in [6.07, 6.45) is 1.79. The summed E-state index contributed by atoms with van der Waals surface area (Å²) in [6, 6.07) is 8.74. The van der Waals surface area contributed by atoms with Gasteiger partial charge in [0.25, 0.3) is 0 Å². The number of carbonyl (C=O) groups excluding carboxylic acids is 1. The minimum absolute atomic E-state index is 0.0291. The Balaban J connectivity index is 1.32. The van der Waals surface area contributed by atoms with E-state index < -0.39 is 19.7 Å². The molecule has 194 valence electrons. The van der Waals surface area contributed by atoms with Crippen molar-refractivity contribution < 1.29 is 21.6 Å². The van der Waals surface area contributed by atoms with Gasteiger partial charge in [0, 0.05) is 56.7 Å². The number of fused-ring (bicyclic) bond motifs is 4. The molecular weight excluding hydrogens is 488 g/mol. The molecule has 5 fully saturated rings. The summed E-state index contributed by atoms with van der Waals surface area (Å²) in [5.41, 5.74) is 2.20. The number of hydrogen-bond acceptors (Lipinski definition) is 7. The summed E-state index contributed by atoms with van der Waals surface area (Å²) in [4.78, 5) is 21.7. The van der Waals surface area contributed by atoms with Crippen LogP contribution >= 0.6 is 0 Å². The predicted octanol–water partition coefficient (Wildman–Crippen LogP) is 1.45. The van der Waals surface area contributed by atoms with Crippen molar-refractivity contribution in [1.82, 2.24) is 9.80 Å². The Labute approximate surface area is 208 Å². The number of urea groups is 1. The van der Waals surface area contributed by atoms with Crippen LogP contribution in [0.2, 0.25) is 0 Å². The number of hydrogen-bond donors (Lipinski definition) is 0. The van der Waals surface area contributed by atoms with E-state index in [1.54, 1.807) is 4.90 Å². The number of carbonyl (C=O) groups is 1. The number of amides is 2. The Hall–Kier alpha value is -2.01. The summed E-state index contributed by atoms with van der Waals surface area (Å²) in [5, 5.41) is 0. The fourth-order valence-electron chi connectivity index (χ4n) is 6.23. The summed E-state index contributed by atoms with van der Waals surface area (Å²) in [6.45, 7) is 7.60. The van der Waals surface area contributed by atoms with Crippen LogP contribution < -0.4 is 9.80 Å². The molecule has 2 atom stereocenters. The van der Waals surface area contributed by atoms with Gasteiger partial charge in [-0.1, -0.05) is 13.8 Å². The van der Waals surface area contributed by atoms with Crippen molar-refractivity contribution in [2.24, 2.45) is 5.41 Å². The molecule has 5 saturated heterocycles. The third-order valence-electron chi connectivity index (χ3n) is 8.28. The molecule has 1 aromatic rings. The van der Waals surface area contributed by atoms with E-state index in [2.05, 4.69) is 47.9 Å². The monoisotopic (exact) mass is 524 g/mol. The molecule has 6 rings (SSSR count). The fraction of sp³-hybridized carbons (Fsp3) is 0.708. The molecule has 0 radical (unpaired) electrons. The average molecular weight is 525 g/mol. The molecule has 5 aliphatic rings. The van der Waals surface area contributed by atoms with Crippen molar-refractivity contribution in [1.29, 1.82) is 0 Å². The fourth-order valence-corrected chi connectivity index (χ4v) is 8.63. The normalized spacial score (nSPS) is 29.7. The Morgan fingerprint density at radius 2 is 1.37 bits per heavy atom. The van der Waals surface area contributed by atoms with Crippen molar-refractivity contribution in [2.75, 3.05) is 72.1 Å². The maximum Gasteiger partial charge on any atom is 0.320 e. The average Bonchev–Trinajstić information content (AvgIpc) is 3.06. The van der Waals surface area contributed by atoms with E-state index in [0.717, 1.165) is 30.8 Å². The number of piperidine rings is 1. The van der Waals surface area contributed by atoms with Gasteiger partial charge in [-0.05, 0) is 42.5 Å². The first-order chi connectivity index (χ1) is 16.4. The second kappa shape index (κ2) is 8.83. The lowest BCUT2D eigenvalue weighted by atomic mass is 9.74. The van der Waals surface area contributed by atoms with Gasteiger partial charge in [0.15, 0.2) is 19.7 Å². The lowest BCUT2D eigenvalue weighted by Gasteiger charge is -2.49. The third-order valence-corrected chi connectivity index (χ3v) is 11.5. The largest absolute Gasteiger partial charge is 0.369 e. The molecule has 1 unspecified atom stereocenters. The van der Waals surface area contributed by atoms with Crippen LogP contribution in [0.3, 0.4) is 0 Å². The number of rotatable bonds is 2. The first-order valence-electron chi connectivity index (χ1n) is 12.5. The van der Waals surface area contributed by atoms with E-state index in [0.29, 0.717) is 25.7 Å². The topological polar surface area (TPSA) is 98.3 Å². The van der Waals surface area contributed by atoms with Crippen molar-refractivity contribution in [2.45, 2.75) is 38.8 Å². The lowest BCUT2D eigenvalue weighted by Crippen LogP contribution is -2.58. The SMILES string of the molecule is CC1(C)C[C@@H]2CN(c3ccc(N4CCS(=O)(=O)CC4)cc3)C1CCN2C(=O)N1CCS(=O)(=O)CC1. The van der Waals surface area contributed by atoms with E-state index in [4.69, 9.17) is 0 Å². The smallest absolute Gasteiger partial charge is 0.320 e. The van der Waals surface area contributed by atoms with Gasteiger partial charge in [0.05, 0.1) is 29.1 Å². The third kappa shape index (κ3) is 4.98. The maximum atomic E-state index is 13.4. The van der Waals surface area contributed by atoms with Crippen LogP contribution in [0.4, 0.5) is 16.2 Å². The highest BCUT2D eigenvalue weighted by Crippen LogP contribution is 2.44. The van der Waals surface area contributed by atoms with Crippen molar-refractivity contribution >= 4 is 37.1 Å². The molecule has 0 aliphatic carbocycles. The summed E-state index contributed by atoms with van der Waals surface area (Å²) in [7, 11) is -5.95. The minimum atomic E-state index is -3.03. The van der Waals surface area contributed by atoms with Gasteiger partial charge in [-0.3, -0.25) is 0 Å². The molecule has 0 N–H and O–H groups in total. The van der Waals surface area contributed by atoms with Crippen molar-refractivity contribution in [3.63, 3.8) is 0 Å². The minimum Gasteiger partial charge on any atom is -0.369 e. The van der Waals surface area contributed by atoms with Gasteiger partial charge < -0.3 is 19.6 Å². The van der Waals surface area contributed by atoms with Crippen LogP contribution in [-0.2, 0) is 19.7 Å². The quantitative estimate of drug-likeness (QED) is 0.578. The Morgan fingerprint density at radius 3 is 1.97 bits per heavy atom. The molecule has 2 bridgehead atoms. The summed E-state index contributed by atoms with van der Waals surface area (Å²) >= 11 is 0. The second-order valence-electron chi connectivity index (χ2n) is 11.1. The molecule has 2 amide bonds. The molecule has 1 aromatic carbocycles. The molecule has 5 heterocycles. The van der Waals surface area contributed by atoms with Gasteiger partial charge >= 0.3 is 6.03 Å². The number of benzene rings is 1. The first-order valence-corrected chi connectivity index (χ1v) is 16.2. The Morgan fingerprint density at radius 1 is 0.829 bits per heavy atom. The summed E-state index contributed by atoms with van der Waals surface area (Å²) < 4.78 is 47.2. The van der Waals surface area contributed by atoms with Crippen molar-refractivity contribution in [3.8, 4) is 0 Å². The highest BCUT2D eigenvalue weighted by molar-refractivity contribution is 7.91. The van der Waals surface area contributed by atoms with Crippen LogP contribution in [-0.4, -0.2) is 107 Å². The molecule has 9 nitrogen and oxygen atoms in total. The standard InChI is InChI=1S/C24H36N4O5S2/c1-24(2)17-21-18-28(20-5-3-19(4-6-20)25-9-13-34(30,31)14-10-25)22(24)7-8-27(21)23(29)26-11-15-35(32,33)16-12-26/h3-6,21-22H,7-18H2,1-2H3/t21-,22?/m1/s1. The molecule has 5 aliphatic heterocycles. The van der Waals surface area contributed by atoms with E-state index in [1.165, 1.54) is 0 Å². The zero-order valence-electron chi connectivity index (χ0n) is 20.6. The van der Waals surface area contributed by atoms with Gasteiger partial charge in [-0.15, -0.1) is 0 Å². The molecule has 35 heavy (non-hydrogen) atoms. The number of anilines is 2. The lowest BCUT2D eigenvalue weighted by molar-refractivity contribution is 0.122. The van der Waals surface area contributed by atoms with Gasteiger partial charge in [0.2, 0.25) is 0 Å². The molecule has 0 saturated carbocycles. The van der Waals surface area contributed by atoms with Crippen molar-refractivity contribution in [3.05, 3.63) is 24.3 Å². The van der Waals surface area contributed by atoms with Gasteiger partial charge in [0.1, 0.15) is 0 Å². The molecule has 11 heteroatoms. The van der Waals surface area contributed by atoms with Gasteiger partial charge in [-0.25, -0.2) is 21.6 Å². The number of nitrogens with zero attached hydrogens (tertiary/aromatic N) is 4. The maximum absolute atomic E-state index is 13.4. The van der Waals surface area contributed by atoms with Crippen LogP contribution in [0.25, 0.3) is 0 Å². The molecule has 0 aromatic heterocycles. The highest BCUT2D eigenvalue weighted by atomic mass is 32.2. The zero-order chi connectivity index (χ0) is 25.0. The predicted molar refractivity (Wildman–Crippen MR) is 138 cm³/mol. The first kappa shape index (κ1) is 24.7. The van der Waals surface area contributed by atoms with E-state index in [1.807, 2.05) is 4.90 Å². The summed E-state index contributed by atoms with van der Waals surface area (Å²) in [5.74, 6) is 0.497. The Kier molecular flexibility index (Phi) is 6.22. The van der Waals surface area contributed by atoms with E-state index in [-0.39, 0.29) is 53.6 Å². The van der Waals surface area contributed by atoms with E-state index >= 15 is 0 Å².